The van der Waals surface area contributed by atoms with E-state index in [4.69, 9.17) is 4.74 Å². The van der Waals surface area contributed by atoms with Gasteiger partial charge in [-0.2, -0.15) is 8.78 Å². The van der Waals surface area contributed by atoms with Gasteiger partial charge in [0.15, 0.2) is 0 Å². The highest BCUT2D eigenvalue weighted by molar-refractivity contribution is 5.41. The van der Waals surface area contributed by atoms with Crippen molar-refractivity contribution >= 4 is 0 Å². The van der Waals surface area contributed by atoms with Gasteiger partial charge in [0.2, 0.25) is 0 Å². The molecule has 2 N–H and O–H groups in total. The quantitative estimate of drug-likeness (QED) is 0.808. The SMILES string of the molecule is Cc1cc(CNCC2(CO)CCOCC2)c(OC(F)F)cc1C. The Bertz CT molecular complexity index is 517. The van der Waals surface area contributed by atoms with Crippen LogP contribution in [0.15, 0.2) is 12.1 Å². The largest absolute Gasteiger partial charge is 0.434 e. The monoisotopic (exact) mass is 329 g/mol. The van der Waals surface area contributed by atoms with E-state index < -0.39 is 6.61 Å². The molecule has 6 heteroatoms. The minimum atomic E-state index is -2.84. The van der Waals surface area contributed by atoms with E-state index in [9.17, 15) is 13.9 Å². The molecule has 1 fully saturated rings. The summed E-state index contributed by atoms with van der Waals surface area (Å²) in [5.41, 5.74) is 2.46. The highest BCUT2D eigenvalue weighted by Crippen LogP contribution is 2.30. The lowest BCUT2D eigenvalue weighted by atomic mass is 9.81. The summed E-state index contributed by atoms with van der Waals surface area (Å²) in [6.45, 7) is 3.40. The molecule has 0 saturated carbocycles. The first-order valence-electron chi connectivity index (χ1n) is 7.90. The molecular weight excluding hydrogens is 304 g/mol. The van der Waals surface area contributed by atoms with E-state index in [-0.39, 0.29) is 17.8 Å². The molecule has 1 aliphatic heterocycles. The van der Waals surface area contributed by atoms with Crippen molar-refractivity contribution < 1.29 is 23.4 Å². The lowest BCUT2D eigenvalue weighted by molar-refractivity contribution is -0.0506. The maximum absolute atomic E-state index is 12.6. The fraction of sp³-hybridized carbons (Fsp3) is 0.647. The number of hydrogen-bond acceptors (Lipinski definition) is 4. The van der Waals surface area contributed by atoms with E-state index in [0.717, 1.165) is 24.0 Å². The molecule has 0 radical (unpaired) electrons. The molecule has 0 unspecified atom stereocenters. The van der Waals surface area contributed by atoms with Crippen molar-refractivity contribution in [2.45, 2.75) is 39.8 Å². The molecular formula is C17H25F2NO3. The van der Waals surface area contributed by atoms with Crippen molar-refractivity contribution in [1.29, 1.82) is 0 Å². The summed E-state index contributed by atoms with van der Waals surface area (Å²) in [6, 6.07) is 3.52. The number of aryl methyl sites for hydroxylation is 2. The number of aliphatic hydroxyl groups excluding tert-OH is 1. The smallest absolute Gasteiger partial charge is 0.387 e. The molecule has 0 aromatic heterocycles. The van der Waals surface area contributed by atoms with Gasteiger partial charge < -0.3 is 19.9 Å². The molecule has 0 spiro atoms. The molecule has 1 heterocycles. The molecule has 0 atom stereocenters. The average molecular weight is 329 g/mol. The molecule has 1 aromatic carbocycles. The van der Waals surface area contributed by atoms with Crippen LogP contribution in [0.1, 0.15) is 29.5 Å². The van der Waals surface area contributed by atoms with Gasteiger partial charge in [-0.1, -0.05) is 6.07 Å². The van der Waals surface area contributed by atoms with Gasteiger partial charge in [-0.05, 0) is 43.9 Å². The molecule has 4 nitrogen and oxygen atoms in total. The van der Waals surface area contributed by atoms with Gasteiger partial charge in [-0.15, -0.1) is 0 Å². The predicted octanol–water partition coefficient (Wildman–Crippen LogP) is 2.78. The van der Waals surface area contributed by atoms with Crippen LogP contribution in [0.3, 0.4) is 0 Å². The lowest BCUT2D eigenvalue weighted by Crippen LogP contribution is -2.41. The summed E-state index contributed by atoms with van der Waals surface area (Å²) in [4.78, 5) is 0. The van der Waals surface area contributed by atoms with Gasteiger partial charge in [-0.25, -0.2) is 0 Å². The van der Waals surface area contributed by atoms with Gasteiger partial charge >= 0.3 is 6.61 Å². The van der Waals surface area contributed by atoms with Crippen molar-refractivity contribution in [3.05, 3.63) is 28.8 Å². The Labute approximate surface area is 135 Å². The van der Waals surface area contributed by atoms with Crippen LogP contribution in [0, 0.1) is 19.3 Å². The van der Waals surface area contributed by atoms with Crippen LogP contribution in [-0.4, -0.2) is 38.1 Å². The molecule has 1 saturated heterocycles. The number of rotatable bonds is 7. The highest BCUT2D eigenvalue weighted by Gasteiger charge is 2.31. The Kier molecular flexibility index (Phi) is 6.33. The van der Waals surface area contributed by atoms with E-state index in [1.54, 1.807) is 6.07 Å². The van der Waals surface area contributed by atoms with Crippen LogP contribution in [0.5, 0.6) is 5.75 Å². The summed E-state index contributed by atoms with van der Waals surface area (Å²) in [5, 5.41) is 13.0. The van der Waals surface area contributed by atoms with Gasteiger partial charge in [0.05, 0.1) is 6.61 Å². The summed E-state index contributed by atoms with van der Waals surface area (Å²) < 4.78 is 35.1. The Morgan fingerprint density at radius 3 is 2.52 bits per heavy atom. The van der Waals surface area contributed by atoms with Crippen molar-refractivity contribution in [2.24, 2.45) is 5.41 Å². The molecule has 1 aromatic rings. The van der Waals surface area contributed by atoms with Gasteiger partial charge in [0.25, 0.3) is 0 Å². The molecule has 23 heavy (non-hydrogen) atoms. The van der Waals surface area contributed by atoms with Crippen LogP contribution in [0.25, 0.3) is 0 Å². The highest BCUT2D eigenvalue weighted by atomic mass is 19.3. The van der Waals surface area contributed by atoms with Crippen LogP contribution in [0.2, 0.25) is 0 Å². The summed E-state index contributed by atoms with van der Waals surface area (Å²) in [7, 11) is 0. The van der Waals surface area contributed by atoms with Crippen LogP contribution in [-0.2, 0) is 11.3 Å². The van der Waals surface area contributed by atoms with E-state index >= 15 is 0 Å². The van der Waals surface area contributed by atoms with Crippen LogP contribution < -0.4 is 10.1 Å². The van der Waals surface area contributed by atoms with Gasteiger partial charge in [0, 0.05) is 37.3 Å². The van der Waals surface area contributed by atoms with Crippen molar-refractivity contribution in [2.75, 3.05) is 26.4 Å². The number of halogens is 2. The number of nitrogens with one attached hydrogen (secondary N) is 1. The summed E-state index contributed by atoms with van der Waals surface area (Å²) >= 11 is 0. The molecule has 0 bridgehead atoms. The topological polar surface area (TPSA) is 50.7 Å². The molecule has 2 rings (SSSR count). The molecule has 0 aliphatic carbocycles. The lowest BCUT2D eigenvalue weighted by Gasteiger charge is -2.35. The number of alkyl halides is 2. The standard InChI is InChI=1S/C17H25F2NO3/c1-12-7-14(15(8-13(12)2)23-16(18)19)9-20-10-17(11-21)3-5-22-6-4-17/h7-8,16,20-21H,3-6,9-11H2,1-2H3. The third kappa shape index (κ3) is 4.86. The van der Waals surface area contributed by atoms with Gasteiger partial charge in [0.1, 0.15) is 5.75 Å². The number of hydrogen-bond donors (Lipinski definition) is 2. The minimum Gasteiger partial charge on any atom is -0.434 e. The van der Waals surface area contributed by atoms with E-state index in [0.29, 0.717) is 31.9 Å². The van der Waals surface area contributed by atoms with Crippen molar-refractivity contribution in [1.82, 2.24) is 5.32 Å². The zero-order valence-corrected chi connectivity index (χ0v) is 13.7. The first-order chi connectivity index (χ1) is 11.0. The minimum absolute atomic E-state index is 0.0939. The molecule has 130 valence electrons. The number of ether oxygens (including phenoxy) is 2. The van der Waals surface area contributed by atoms with Crippen molar-refractivity contribution in [3.63, 3.8) is 0 Å². The number of aliphatic hydroxyl groups is 1. The fourth-order valence-corrected chi connectivity index (χ4v) is 2.85. The number of benzene rings is 1. The van der Waals surface area contributed by atoms with E-state index in [1.807, 2.05) is 19.9 Å². The zero-order chi connectivity index (χ0) is 16.9. The fourth-order valence-electron chi connectivity index (χ4n) is 2.85. The first-order valence-corrected chi connectivity index (χ1v) is 7.90. The Hall–Kier alpha value is -1.24. The molecule has 0 amide bonds. The van der Waals surface area contributed by atoms with E-state index in [2.05, 4.69) is 10.1 Å². The predicted molar refractivity (Wildman–Crippen MR) is 83.8 cm³/mol. The summed E-state index contributed by atoms with van der Waals surface area (Å²) in [6.07, 6.45) is 1.59. The zero-order valence-electron chi connectivity index (χ0n) is 13.7. The Morgan fingerprint density at radius 1 is 1.26 bits per heavy atom. The Morgan fingerprint density at radius 2 is 1.91 bits per heavy atom. The maximum atomic E-state index is 12.6. The maximum Gasteiger partial charge on any atom is 0.387 e. The second-order valence-corrected chi connectivity index (χ2v) is 6.30. The van der Waals surface area contributed by atoms with E-state index in [1.165, 1.54) is 0 Å². The van der Waals surface area contributed by atoms with Crippen LogP contribution >= 0.6 is 0 Å². The Balaban J connectivity index is 2.02. The molecule has 1 aliphatic rings. The summed E-state index contributed by atoms with van der Waals surface area (Å²) in [5.74, 6) is 0.209. The van der Waals surface area contributed by atoms with Gasteiger partial charge in [-0.3, -0.25) is 0 Å². The third-order valence-electron chi connectivity index (χ3n) is 4.60. The normalized spacial score (nSPS) is 17.5. The first kappa shape index (κ1) is 18.1. The average Bonchev–Trinajstić information content (AvgIpc) is 2.52. The second kappa shape index (κ2) is 8.04. The van der Waals surface area contributed by atoms with Crippen molar-refractivity contribution in [3.8, 4) is 5.75 Å². The third-order valence-corrected chi connectivity index (χ3v) is 4.60. The second-order valence-electron chi connectivity index (χ2n) is 6.30. The van der Waals surface area contributed by atoms with Crippen LogP contribution in [0.4, 0.5) is 8.78 Å².